The number of aromatic nitrogens is 4. The molecule has 1 aliphatic heterocycles. The van der Waals surface area contributed by atoms with Crippen LogP contribution in [0.4, 0.5) is 5.69 Å². The minimum atomic E-state index is 0.272. The molecule has 6 nitrogen and oxygen atoms in total. The molecular formula is C12H15N5O. The van der Waals surface area contributed by atoms with E-state index in [-0.39, 0.29) is 5.41 Å². The fourth-order valence-electron chi connectivity index (χ4n) is 1.88. The lowest BCUT2D eigenvalue weighted by Gasteiger charge is -2.38. The van der Waals surface area contributed by atoms with Crippen molar-refractivity contribution in [1.82, 2.24) is 20.2 Å². The maximum Gasteiger partial charge on any atom is 0.143 e. The summed E-state index contributed by atoms with van der Waals surface area (Å²) in [7, 11) is 0. The van der Waals surface area contributed by atoms with Crippen molar-refractivity contribution < 1.29 is 4.74 Å². The molecule has 1 aromatic heterocycles. The summed E-state index contributed by atoms with van der Waals surface area (Å²) in [6, 6.07) is 8.02. The Morgan fingerprint density at radius 3 is 2.67 bits per heavy atom. The van der Waals surface area contributed by atoms with Gasteiger partial charge in [-0.2, -0.15) is 0 Å². The minimum Gasteiger partial charge on any atom is -0.384 e. The van der Waals surface area contributed by atoms with Crippen LogP contribution >= 0.6 is 0 Å². The molecule has 0 saturated carbocycles. The van der Waals surface area contributed by atoms with Crippen molar-refractivity contribution in [3.05, 3.63) is 30.6 Å². The van der Waals surface area contributed by atoms with E-state index in [1.807, 2.05) is 24.3 Å². The molecule has 0 bridgehead atoms. The Morgan fingerprint density at radius 2 is 2.11 bits per heavy atom. The van der Waals surface area contributed by atoms with Gasteiger partial charge in [-0.15, -0.1) is 5.10 Å². The number of hydrogen-bond donors (Lipinski definition) is 1. The molecule has 6 heteroatoms. The van der Waals surface area contributed by atoms with Gasteiger partial charge in [0.15, 0.2) is 0 Å². The van der Waals surface area contributed by atoms with Crippen molar-refractivity contribution in [1.29, 1.82) is 0 Å². The first-order valence-electron chi connectivity index (χ1n) is 5.90. The van der Waals surface area contributed by atoms with Crippen LogP contribution in [0.15, 0.2) is 30.6 Å². The van der Waals surface area contributed by atoms with Crippen molar-refractivity contribution in [2.45, 2.75) is 6.92 Å². The van der Waals surface area contributed by atoms with E-state index in [1.165, 1.54) is 0 Å². The predicted molar refractivity (Wildman–Crippen MR) is 66.6 cm³/mol. The van der Waals surface area contributed by atoms with Crippen LogP contribution in [0.1, 0.15) is 6.92 Å². The molecule has 0 amide bonds. The van der Waals surface area contributed by atoms with Gasteiger partial charge in [0.1, 0.15) is 6.33 Å². The van der Waals surface area contributed by atoms with Crippen LogP contribution in [0.25, 0.3) is 5.69 Å². The summed E-state index contributed by atoms with van der Waals surface area (Å²) in [6.07, 6.45) is 1.58. The Balaban J connectivity index is 1.64. The van der Waals surface area contributed by atoms with E-state index in [0.717, 1.165) is 31.1 Å². The number of nitrogens with one attached hydrogen (secondary N) is 1. The molecule has 0 unspecified atom stereocenters. The highest BCUT2D eigenvalue weighted by Crippen LogP contribution is 2.26. The Kier molecular flexibility index (Phi) is 2.71. The van der Waals surface area contributed by atoms with Gasteiger partial charge in [-0.05, 0) is 34.7 Å². The lowest BCUT2D eigenvalue weighted by atomic mass is 9.89. The van der Waals surface area contributed by atoms with E-state index in [1.54, 1.807) is 11.0 Å². The van der Waals surface area contributed by atoms with Crippen molar-refractivity contribution in [3.8, 4) is 5.69 Å². The van der Waals surface area contributed by atoms with E-state index >= 15 is 0 Å². The van der Waals surface area contributed by atoms with Crippen LogP contribution in [-0.2, 0) is 4.74 Å². The molecule has 2 aromatic rings. The normalized spacial score (nSPS) is 17.2. The van der Waals surface area contributed by atoms with Crippen LogP contribution in [0.2, 0.25) is 0 Å². The summed E-state index contributed by atoms with van der Waals surface area (Å²) in [6.45, 7) is 4.82. The predicted octanol–water partition coefficient (Wildman–Crippen LogP) is 1.11. The smallest absolute Gasteiger partial charge is 0.143 e. The average molecular weight is 245 g/mol. The molecule has 0 spiro atoms. The first kappa shape index (κ1) is 11.2. The Bertz CT molecular complexity index is 504. The number of tetrazole rings is 1. The van der Waals surface area contributed by atoms with Gasteiger partial charge in [0.05, 0.1) is 18.9 Å². The topological polar surface area (TPSA) is 64.9 Å². The zero-order chi connectivity index (χ0) is 12.4. The Hall–Kier alpha value is -1.95. The second kappa shape index (κ2) is 4.38. The zero-order valence-corrected chi connectivity index (χ0v) is 10.2. The molecule has 0 aliphatic carbocycles. The molecule has 3 rings (SSSR count). The van der Waals surface area contributed by atoms with Gasteiger partial charge >= 0.3 is 0 Å². The van der Waals surface area contributed by atoms with Gasteiger partial charge < -0.3 is 10.1 Å². The van der Waals surface area contributed by atoms with Crippen molar-refractivity contribution >= 4 is 5.69 Å². The Labute approximate surface area is 105 Å². The van der Waals surface area contributed by atoms with Gasteiger partial charge in [-0.25, -0.2) is 4.68 Å². The van der Waals surface area contributed by atoms with Crippen molar-refractivity contribution in [3.63, 3.8) is 0 Å². The highest BCUT2D eigenvalue weighted by molar-refractivity contribution is 5.48. The molecule has 1 fully saturated rings. The molecule has 0 radical (unpaired) electrons. The highest BCUT2D eigenvalue weighted by Gasteiger charge is 2.32. The third-order valence-corrected chi connectivity index (χ3v) is 3.10. The van der Waals surface area contributed by atoms with Crippen molar-refractivity contribution in [2.75, 3.05) is 25.1 Å². The standard InChI is InChI=1S/C12H15N5O/c1-12(7-18-8-12)6-13-10-2-4-11(5-3-10)17-9-14-15-16-17/h2-5,9,13H,6-8H2,1H3. The monoisotopic (exact) mass is 245 g/mol. The maximum atomic E-state index is 5.23. The summed E-state index contributed by atoms with van der Waals surface area (Å²) in [5.41, 5.74) is 2.32. The molecule has 2 heterocycles. The van der Waals surface area contributed by atoms with Crippen LogP contribution in [-0.4, -0.2) is 40.0 Å². The number of hydrogen-bond acceptors (Lipinski definition) is 5. The Morgan fingerprint density at radius 1 is 1.33 bits per heavy atom. The zero-order valence-electron chi connectivity index (χ0n) is 10.2. The lowest BCUT2D eigenvalue weighted by Crippen LogP contribution is -2.45. The van der Waals surface area contributed by atoms with Gasteiger partial charge in [-0.3, -0.25) is 0 Å². The quantitative estimate of drug-likeness (QED) is 0.874. The molecule has 1 N–H and O–H groups in total. The minimum absolute atomic E-state index is 0.272. The first-order valence-corrected chi connectivity index (χ1v) is 5.90. The molecule has 1 aromatic carbocycles. The summed E-state index contributed by atoms with van der Waals surface area (Å²) in [5.74, 6) is 0. The van der Waals surface area contributed by atoms with Crippen LogP contribution in [0.5, 0.6) is 0 Å². The molecular weight excluding hydrogens is 230 g/mol. The molecule has 1 aliphatic rings. The molecule has 18 heavy (non-hydrogen) atoms. The summed E-state index contributed by atoms with van der Waals surface area (Å²) in [5, 5.41) is 14.5. The number of nitrogens with zero attached hydrogens (tertiary/aromatic N) is 4. The van der Waals surface area contributed by atoms with E-state index in [0.29, 0.717) is 0 Å². The second-order valence-corrected chi connectivity index (χ2v) is 4.96. The molecule has 1 saturated heterocycles. The first-order chi connectivity index (χ1) is 8.75. The fraction of sp³-hybridized carbons (Fsp3) is 0.417. The number of benzene rings is 1. The van der Waals surface area contributed by atoms with Crippen LogP contribution in [0.3, 0.4) is 0 Å². The van der Waals surface area contributed by atoms with E-state index in [9.17, 15) is 0 Å². The number of anilines is 1. The van der Waals surface area contributed by atoms with E-state index in [4.69, 9.17) is 4.74 Å². The summed E-state index contributed by atoms with van der Waals surface area (Å²) < 4.78 is 6.86. The van der Waals surface area contributed by atoms with Crippen molar-refractivity contribution in [2.24, 2.45) is 5.41 Å². The lowest BCUT2D eigenvalue weighted by molar-refractivity contribution is -0.0924. The van der Waals surface area contributed by atoms with Gasteiger partial charge in [0, 0.05) is 17.6 Å². The number of rotatable bonds is 4. The summed E-state index contributed by atoms with van der Waals surface area (Å²) in [4.78, 5) is 0. The third-order valence-electron chi connectivity index (χ3n) is 3.10. The van der Waals surface area contributed by atoms with Gasteiger partial charge in [0.2, 0.25) is 0 Å². The SMILES string of the molecule is CC1(CNc2ccc(-n3cnnn3)cc2)COC1. The van der Waals surface area contributed by atoms with Gasteiger partial charge in [-0.1, -0.05) is 6.92 Å². The third kappa shape index (κ3) is 2.19. The van der Waals surface area contributed by atoms with E-state index < -0.39 is 0 Å². The second-order valence-electron chi connectivity index (χ2n) is 4.96. The van der Waals surface area contributed by atoms with Crippen LogP contribution in [0, 0.1) is 5.41 Å². The molecule has 0 atom stereocenters. The highest BCUT2D eigenvalue weighted by atomic mass is 16.5. The maximum absolute atomic E-state index is 5.23. The average Bonchev–Trinajstić information content (AvgIpc) is 2.88. The van der Waals surface area contributed by atoms with Gasteiger partial charge in [0.25, 0.3) is 0 Å². The molecule has 94 valence electrons. The number of ether oxygens (including phenoxy) is 1. The summed E-state index contributed by atoms with van der Waals surface area (Å²) >= 11 is 0. The van der Waals surface area contributed by atoms with E-state index in [2.05, 4.69) is 27.8 Å². The van der Waals surface area contributed by atoms with Crippen LogP contribution < -0.4 is 5.32 Å². The largest absolute Gasteiger partial charge is 0.384 e. The fourth-order valence-corrected chi connectivity index (χ4v) is 1.88.